The van der Waals surface area contributed by atoms with Gasteiger partial charge in [0.2, 0.25) is 0 Å². The lowest BCUT2D eigenvalue weighted by Gasteiger charge is -2.42. The molecular formula is C28H32F2N4O4. The second kappa shape index (κ2) is 9.58. The monoisotopic (exact) mass is 526 g/mol. The summed E-state index contributed by atoms with van der Waals surface area (Å²) in [5, 5.41) is 10.9. The fraction of sp³-hybridized carbons (Fsp3) is 0.429. The number of hydrogen-bond acceptors (Lipinski definition) is 5. The van der Waals surface area contributed by atoms with Crippen LogP contribution in [0.2, 0.25) is 0 Å². The van der Waals surface area contributed by atoms with Gasteiger partial charge in [-0.2, -0.15) is 8.78 Å². The number of nitrogens with two attached hydrogens (primary N) is 1. The van der Waals surface area contributed by atoms with Gasteiger partial charge in [-0.3, -0.25) is 14.6 Å². The number of halogens is 2. The number of phenols is 1. The van der Waals surface area contributed by atoms with Gasteiger partial charge < -0.3 is 20.6 Å². The van der Waals surface area contributed by atoms with Crippen LogP contribution in [0.5, 0.6) is 11.5 Å². The molecule has 10 heteroatoms. The molecular weight excluding hydrogens is 494 g/mol. The Kier molecular flexibility index (Phi) is 6.54. The van der Waals surface area contributed by atoms with Gasteiger partial charge in [-0.05, 0) is 67.1 Å². The number of carbonyl (C=O) groups excluding carboxylic acids is 2. The fourth-order valence-corrected chi connectivity index (χ4v) is 5.93. The quantitative estimate of drug-likeness (QED) is 0.361. The highest BCUT2D eigenvalue weighted by Gasteiger charge is 2.60. The van der Waals surface area contributed by atoms with E-state index in [1.807, 2.05) is 0 Å². The molecule has 1 unspecified atom stereocenters. The molecule has 2 aromatic carbocycles. The Balaban J connectivity index is 1.60. The van der Waals surface area contributed by atoms with Crippen LogP contribution in [0, 0.1) is 5.92 Å². The van der Waals surface area contributed by atoms with Crippen molar-refractivity contribution in [2.45, 2.75) is 64.3 Å². The zero-order chi connectivity index (χ0) is 27.4. The van der Waals surface area contributed by atoms with E-state index in [9.17, 15) is 23.5 Å². The average molecular weight is 527 g/mol. The fourth-order valence-electron chi connectivity index (χ4n) is 5.93. The molecule has 0 saturated carbocycles. The lowest BCUT2D eigenvalue weighted by molar-refractivity contribution is -0.133. The number of urea groups is 1. The van der Waals surface area contributed by atoms with Gasteiger partial charge in [-0.1, -0.05) is 26.0 Å². The number of fused-ring (bicyclic) bond motifs is 4. The SMILES string of the molecule is CC(C)CC(N)CCN1C(=O)N2[C@H](c3cccc(O)c3)c3[nH]c4ccc(OC(F)F)cc4c3C[C@@]2(C)C1=O. The molecule has 1 fully saturated rings. The molecule has 5 rings (SSSR count). The van der Waals surface area contributed by atoms with Crippen molar-refractivity contribution in [3.05, 3.63) is 59.3 Å². The van der Waals surface area contributed by atoms with Crippen molar-refractivity contribution in [3.8, 4) is 11.5 Å². The van der Waals surface area contributed by atoms with Crippen molar-refractivity contribution < 1.29 is 28.2 Å². The summed E-state index contributed by atoms with van der Waals surface area (Å²) in [6, 6.07) is 9.90. The molecule has 3 atom stereocenters. The number of alkyl halides is 2. The molecule has 38 heavy (non-hydrogen) atoms. The summed E-state index contributed by atoms with van der Waals surface area (Å²) in [6.45, 7) is 3.11. The number of H-pyrrole nitrogens is 1. The van der Waals surface area contributed by atoms with E-state index in [2.05, 4.69) is 23.6 Å². The Morgan fingerprint density at radius 3 is 2.66 bits per heavy atom. The molecule has 1 saturated heterocycles. The van der Waals surface area contributed by atoms with E-state index in [4.69, 9.17) is 5.73 Å². The minimum atomic E-state index is -2.97. The number of nitrogens with one attached hydrogen (secondary N) is 1. The molecule has 0 bridgehead atoms. The van der Waals surface area contributed by atoms with Crippen molar-refractivity contribution in [3.63, 3.8) is 0 Å². The van der Waals surface area contributed by atoms with Gasteiger partial charge in [0.25, 0.3) is 5.91 Å². The van der Waals surface area contributed by atoms with E-state index in [-0.39, 0.29) is 36.4 Å². The minimum absolute atomic E-state index is 0.00498. The van der Waals surface area contributed by atoms with Crippen LogP contribution in [0.1, 0.15) is 56.5 Å². The van der Waals surface area contributed by atoms with Gasteiger partial charge >= 0.3 is 12.6 Å². The summed E-state index contributed by atoms with van der Waals surface area (Å²) < 4.78 is 30.5. The van der Waals surface area contributed by atoms with E-state index in [0.29, 0.717) is 34.5 Å². The molecule has 0 spiro atoms. The van der Waals surface area contributed by atoms with Gasteiger partial charge in [-0.15, -0.1) is 0 Å². The number of hydrogen-bond donors (Lipinski definition) is 3. The van der Waals surface area contributed by atoms with E-state index >= 15 is 0 Å². The molecule has 1 aromatic heterocycles. The molecule has 0 radical (unpaired) electrons. The summed E-state index contributed by atoms with van der Waals surface area (Å²) >= 11 is 0. The van der Waals surface area contributed by atoms with Crippen molar-refractivity contribution in [2.75, 3.05) is 6.54 Å². The Bertz CT molecular complexity index is 1390. The highest BCUT2D eigenvalue weighted by Crippen LogP contribution is 2.49. The lowest BCUT2D eigenvalue weighted by Crippen LogP contribution is -2.53. The predicted molar refractivity (Wildman–Crippen MR) is 138 cm³/mol. The number of aromatic amines is 1. The number of benzene rings is 2. The zero-order valence-electron chi connectivity index (χ0n) is 21.6. The number of phenolic OH excluding ortho intramolecular Hbond substituents is 1. The number of carbonyl (C=O) groups is 2. The van der Waals surface area contributed by atoms with Crippen LogP contribution in [0.25, 0.3) is 10.9 Å². The van der Waals surface area contributed by atoms with Crippen LogP contribution in [-0.4, -0.2) is 56.6 Å². The summed E-state index contributed by atoms with van der Waals surface area (Å²) in [7, 11) is 0. The maximum absolute atomic E-state index is 13.9. The van der Waals surface area contributed by atoms with E-state index in [1.54, 1.807) is 36.1 Å². The van der Waals surface area contributed by atoms with Gasteiger partial charge in [0.05, 0.1) is 0 Å². The van der Waals surface area contributed by atoms with E-state index < -0.39 is 24.2 Å². The molecule has 3 amide bonds. The second-order valence-electron chi connectivity index (χ2n) is 10.8. The largest absolute Gasteiger partial charge is 0.508 e. The van der Waals surface area contributed by atoms with E-state index in [0.717, 1.165) is 12.0 Å². The molecule has 3 aromatic rings. The van der Waals surface area contributed by atoms with Gasteiger partial charge in [0.1, 0.15) is 23.1 Å². The highest BCUT2D eigenvalue weighted by atomic mass is 19.3. The molecule has 202 valence electrons. The normalized spacial score (nSPS) is 21.9. The summed E-state index contributed by atoms with van der Waals surface area (Å²) in [6.07, 6.45) is 1.45. The number of ether oxygens (including phenoxy) is 1. The number of imide groups is 1. The number of nitrogens with zero attached hydrogens (tertiary/aromatic N) is 2. The first-order chi connectivity index (χ1) is 18.0. The van der Waals surface area contributed by atoms with Crippen molar-refractivity contribution in [2.24, 2.45) is 11.7 Å². The Hall–Kier alpha value is -3.66. The van der Waals surface area contributed by atoms with Crippen LogP contribution in [0.3, 0.4) is 0 Å². The number of rotatable bonds is 8. The minimum Gasteiger partial charge on any atom is -0.508 e. The Morgan fingerprint density at radius 2 is 1.97 bits per heavy atom. The first kappa shape index (κ1) is 26.0. The zero-order valence-corrected chi connectivity index (χ0v) is 21.6. The standard InChI is InChI=1S/C28H32F2N4O4/c1-15(2)11-17(31)9-10-33-25(36)28(3)14-21-20-13-19(38-26(29)30)7-8-22(20)32-23(21)24(34(28)27(33)37)16-5-4-6-18(35)12-16/h4-8,12-13,15,17,24,26,32,35H,9-11,14,31H2,1-3H3/t17?,24-,28+/m1/s1. The second-order valence-corrected chi connectivity index (χ2v) is 10.8. The highest BCUT2D eigenvalue weighted by molar-refractivity contribution is 6.08. The van der Waals surface area contributed by atoms with Gasteiger partial charge in [0, 0.05) is 35.6 Å². The average Bonchev–Trinajstić information content (AvgIpc) is 3.27. The van der Waals surface area contributed by atoms with E-state index in [1.165, 1.54) is 23.1 Å². The summed E-state index contributed by atoms with van der Waals surface area (Å²) in [5.74, 6) is 0.0931. The first-order valence-corrected chi connectivity index (χ1v) is 12.8. The topological polar surface area (TPSA) is 112 Å². The third kappa shape index (κ3) is 4.36. The molecule has 8 nitrogen and oxygen atoms in total. The van der Waals surface area contributed by atoms with Crippen LogP contribution in [0.4, 0.5) is 13.6 Å². The molecule has 2 aliphatic heterocycles. The molecule has 0 aliphatic carbocycles. The number of amides is 3. The van der Waals surface area contributed by atoms with Crippen LogP contribution in [-0.2, 0) is 11.2 Å². The van der Waals surface area contributed by atoms with Crippen LogP contribution in [0.15, 0.2) is 42.5 Å². The molecule has 3 heterocycles. The van der Waals surface area contributed by atoms with Gasteiger partial charge in [-0.25, -0.2) is 4.79 Å². The van der Waals surface area contributed by atoms with Crippen LogP contribution < -0.4 is 10.5 Å². The molecule has 4 N–H and O–H groups in total. The smallest absolute Gasteiger partial charge is 0.387 e. The lowest BCUT2D eigenvalue weighted by atomic mass is 9.81. The third-order valence-electron chi connectivity index (χ3n) is 7.55. The Morgan fingerprint density at radius 1 is 1.21 bits per heavy atom. The van der Waals surface area contributed by atoms with Crippen molar-refractivity contribution in [1.29, 1.82) is 0 Å². The predicted octanol–water partition coefficient (Wildman–Crippen LogP) is 4.91. The summed E-state index contributed by atoms with van der Waals surface area (Å²) in [5.41, 5.74) is 7.73. The maximum atomic E-state index is 13.9. The van der Waals surface area contributed by atoms with Crippen molar-refractivity contribution in [1.82, 2.24) is 14.8 Å². The first-order valence-electron chi connectivity index (χ1n) is 12.8. The summed E-state index contributed by atoms with van der Waals surface area (Å²) in [4.78, 5) is 33.9. The van der Waals surface area contributed by atoms with Crippen molar-refractivity contribution >= 4 is 22.8 Å². The van der Waals surface area contributed by atoms with Gasteiger partial charge in [0.15, 0.2) is 0 Å². The third-order valence-corrected chi connectivity index (χ3v) is 7.55. The molecule has 2 aliphatic rings. The number of aromatic nitrogens is 1. The maximum Gasteiger partial charge on any atom is 0.387 e. The van der Waals surface area contributed by atoms with Crippen LogP contribution >= 0.6 is 0 Å². The number of aromatic hydroxyl groups is 1. The Labute approximate surface area is 219 Å².